The maximum absolute atomic E-state index is 12.9. The van der Waals surface area contributed by atoms with Gasteiger partial charge >= 0.3 is 0 Å². The van der Waals surface area contributed by atoms with E-state index in [1.54, 1.807) is 0 Å². The molecule has 7 heteroatoms. The fourth-order valence-electron chi connectivity index (χ4n) is 1.77. The highest BCUT2D eigenvalue weighted by Gasteiger charge is 2.42. The molecule has 1 aliphatic heterocycles. The number of hydrogen-bond donors (Lipinski definition) is 3. The molecule has 0 aromatic rings. The monoisotopic (exact) mass is 277 g/mol. The van der Waals surface area contributed by atoms with E-state index in [0.29, 0.717) is 0 Å². The second-order valence-electron chi connectivity index (χ2n) is 4.91. The smallest absolute Gasteiger partial charge is 0.262 e. The zero-order valence-electron chi connectivity index (χ0n) is 11.3. The Morgan fingerprint density at radius 3 is 2.68 bits per heavy atom. The van der Waals surface area contributed by atoms with E-state index in [-0.39, 0.29) is 24.9 Å². The van der Waals surface area contributed by atoms with Crippen molar-refractivity contribution in [3.63, 3.8) is 0 Å². The van der Waals surface area contributed by atoms with E-state index in [2.05, 4.69) is 16.0 Å². The van der Waals surface area contributed by atoms with Crippen LogP contribution in [-0.2, 0) is 9.59 Å². The number of alkyl halides is 2. The van der Waals surface area contributed by atoms with Gasteiger partial charge in [-0.25, -0.2) is 8.78 Å². The van der Waals surface area contributed by atoms with E-state index in [0.717, 1.165) is 6.42 Å². The summed E-state index contributed by atoms with van der Waals surface area (Å²) in [5.74, 6) is -3.46. The molecule has 110 valence electrons. The Kier molecular flexibility index (Phi) is 5.65. The largest absolute Gasteiger partial charge is 0.354 e. The van der Waals surface area contributed by atoms with Crippen LogP contribution in [-0.4, -0.2) is 42.9 Å². The predicted octanol–water partition coefficient (Wildman–Crippen LogP) is 0.405. The maximum Gasteiger partial charge on any atom is 0.262 e. The van der Waals surface area contributed by atoms with Gasteiger partial charge in [0, 0.05) is 25.4 Å². The van der Waals surface area contributed by atoms with Gasteiger partial charge in [0.2, 0.25) is 11.8 Å². The third kappa shape index (κ3) is 5.50. The first-order valence-electron chi connectivity index (χ1n) is 6.52. The zero-order valence-corrected chi connectivity index (χ0v) is 11.3. The molecule has 2 amide bonds. The first-order valence-corrected chi connectivity index (χ1v) is 6.52. The molecular weight excluding hydrogens is 256 g/mol. The van der Waals surface area contributed by atoms with E-state index >= 15 is 0 Å². The summed E-state index contributed by atoms with van der Waals surface area (Å²) < 4.78 is 25.8. The molecule has 0 bridgehead atoms. The van der Waals surface area contributed by atoms with Crippen molar-refractivity contribution in [2.45, 2.75) is 51.1 Å². The Balaban J connectivity index is 2.19. The summed E-state index contributed by atoms with van der Waals surface area (Å²) >= 11 is 0. The van der Waals surface area contributed by atoms with Crippen molar-refractivity contribution in [3.05, 3.63) is 0 Å². The summed E-state index contributed by atoms with van der Waals surface area (Å²) in [5, 5.41) is 7.71. The highest BCUT2D eigenvalue weighted by Crippen LogP contribution is 2.24. The Morgan fingerprint density at radius 1 is 1.47 bits per heavy atom. The van der Waals surface area contributed by atoms with E-state index < -0.39 is 30.8 Å². The van der Waals surface area contributed by atoms with Gasteiger partial charge in [0.15, 0.2) is 0 Å². The molecule has 1 heterocycles. The number of nitrogens with one attached hydrogen (secondary N) is 3. The average Bonchev–Trinajstić information content (AvgIpc) is 2.69. The maximum atomic E-state index is 12.9. The first-order chi connectivity index (χ1) is 8.84. The van der Waals surface area contributed by atoms with Crippen LogP contribution in [0.4, 0.5) is 8.78 Å². The molecule has 0 saturated carbocycles. The number of carbonyl (C=O) groups excluding carboxylic acids is 2. The molecule has 1 rings (SSSR count). The predicted molar refractivity (Wildman–Crippen MR) is 66.9 cm³/mol. The van der Waals surface area contributed by atoms with E-state index in [9.17, 15) is 18.4 Å². The number of halogens is 2. The highest BCUT2D eigenvalue weighted by molar-refractivity contribution is 5.83. The second kappa shape index (κ2) is 6.79. The molecular formula is C12H21F2N3O2. The summed E-state index contributed by atoms with van der Waals surface area (Å²) in [5.41, 5.74) is 0. The standard InChI is InChI=1S/C12H21F2N3O2/c1-3-8(2)17-10(18)4-5-15-11(19)9-6-12(13,14)7-16-9/h8-9,16H,3-7H2,1-2H3,(H,15,19)(H,17,18). The lowest BCUT2D eigenvalue weighted by Gasteiger charge is -2.13. The van der Waals surface area contributed by atoms with Crippen LogP contribution in [0.15, 0.2) is 0 Å². The van der Waals surface area contributed by atoms with Crippen LogP contribution >= 0.6 is 0 Å². The van der Waals surface area contributed by atoms with Crippen molar-refractivity contribution in [2.75, 3.05) is 13.1 Å². The van der Waals surface area contributed by atoms with E-state index in [1.165, 1.54) is 0 Å². The third-order valence-corrected chi connectivity index (χ3v) is 3.10. The minimum Gasteiger partial charge on any atom is -0.354 e. The summed E-state index contributed by atoms with van der Waals surface area (Å²) in [6.45, 7) is 3.53. The molecule has 1 saturated heterocycles. The van der Waals surface area contributed by atoms with Gasteiger partial charge in [-0.05, 0) is 13.3 Å². The summed E-state index contributed by atoms with van der Waals surface area (Å²) in [4.78, 5) is 23.0. The fraction of sp³-hybridized carbons (Fsp3) is 0.833. The molecule has 0 aliphatic carbocycles. The minimum absolute atomic E-state index is 0.0957. The molecule has 0 radical (unpaired) electrons. The van der Waals surface area contributed by atoms with Crippen LogP contribution in [0.3, 0.4) is 0 Å². The lowest BCUT2D eigenvalue weighted by atomic mass is 10.2. The molecule has 3 N–H and O–H groups in total. The molecule has 0 aromatic carbocycles. The van der Waals surface area contributed by atoms with Crippen LogP contribution in [0.5, 0.6) is 0 Å². The quantitative estimate of drug-likeness (QED) is 0.658. The van der Waals surface area contributed by atoms with Crippen LogP contribution in [0.25, 0.3) is 0 Å². The Hall–Kier alpha value is -1.24. The summed E-state index contributed by atoms with van der Waals surface area (Å²) in [6, 6.07) is -0.772. The molecule has 1 fully saturated rings. The van der Waals surface area contributed by atoms with Gasteiger partial charge < -0.3 is 10.6 Å². The van der Waals surface area contributed by atoms with Gasteiger partial charge in [-0.15, -0.1) is 0 Å². The average molecular weight is 277 g/mol. The first kappa shape index (κ1) is 15.8. The van der Waals surface area contributed by atoms with Gasteiger partial charge in [-0.1, -0.05) is 6.92 Å². The molecule has 19 heavy (non-hydrogen) atoms. The molecule has 5 nitrogen and oxygen atoms in total. The fourth-order valence-corrected chi connectivity index (χ4v) is 1.77. The van der Waals surface area contributed by atoms with Crippen molar-refractivity contribution in [1.82, 2.24) is 16.0 Å². The van der Waals surface area contributed by atoms with Gasteiger partial charge in [0.1, 0.15) is 0 Å². The summed E-state index contributed by atoms with van der Waals surface area (Å²) in [6.07, 6.45) is 0.496. The van der Waals surface area contributed by atoms with Crippen molar-refractivity contribution in [1.29, 1.82) is 0 Å². The zero-order chi connectivity index (χ0) is 14.5. The van der Waals surface area contributed by atoms with Crippen molar-refractivity contribution < 1.29 is 18.4 Å². The molecule has 1 aliphatic rings. The molecule has 2 unspecified atom stereocenters. The second-order valence-corrected chi connectivity index (χ2v) is 4.91. The van der Waals surface area contributed by atoms with Crippen LogP contribution < -0.4 is 16.0 Å². The molecule has 0 aromatic heterocycles. The van der Waals surface area contributed by atoms with Gasteiger partial charge in [-0.2, -0.15) is 0 Å². The summed E-state index contributed by atoms with van der Waals surface area (Å²) in [7, 11) is 0. The number of carbonyl (C=O) groups is 2. The van der Waals surface area contributed by atoms with Crippen LogP contribution in [0.1, 0.15) is 33.1 Å². The van der Waals surface area contributed by atoms with Crippen LogP contribution in [0.2, 0.25) is 0 Å². The van der Waals surface area contributed by atoms with Gasteiger partial charge in [0.05, 0.1) is 12.6 Å². The lowest BCUT2D eigenvalue weighted by molar-refractivity contribution is -0.124. The molecule has 0 spiro atoms. The number of hydrogen-bond acceptors (Lipinski definition) is 3. The minimum atomic E-state index is -2.82. The Morgan fingerprint density at radius 2 is 2.16 bits per heavy atom. The van der Waals surface area contributed by atoms with E-state index in [4.69, 9.17) is 0 Å². The topological polar surface area (TPSA) is 70.2 Å². The molecule has 2 atom stereocenters. The van der Waals surface area contributed by atoms with Gasteiger partial charge in [0.25, 0.3) is 5.92 Å². The number of amides is 2. The normalized spacial score (nSPS) is 22.8. The van der Waals surface area contributed by atoms with Gasteiger partial charge in [-0.3, -0.25) is 14.9 Å². The van der Waals surface area contributed by atoms with Crippen molar-refractivity contribution >= 4 is 11.8 Å². The van der Waals surface area contributed by atoms with Crippen molar-refractivity contribution in [2.24, 2.45) is 0 Å². The Labute approximate surface area is 111 Å². The SMILES string of the molecule is CCC(C)NC(=O)CCNC(=O)C1CC(F)(F)CN1. The van der Waals surface area contributed by atoms with Crippen LogP contribution in [0, 0.1) is 0 Å². The van der Waals surface area contributed by atoms with Crippen molar-refractivity contribution in [3.8, 4) is 0 Å². The number of rotatable bonds is 6. The highest BCUT2D eigenvalue weighted by atomic mass is 19.3. The lowest BCUT2D eigenvalue weighted by Crippen LogP contribution is -2.42. The third-order valence-electron chi connectivity index (χ3n) is 3.10. The van der Waals surface area contributed by atoms with E-state index in [1.807, 2.05) is 13.8 Å². The Bertz CT molecular complexity index is 337.